The number of carbonyl (C=O) groups is 2. The molecule has 4 rings (SSSR count). The molecule has 2 aromatic rings. The van der Waals surface area contributed by atoms with Gasteiger partial charge in [-0.2, -0.15) is 13.2 Å². The Morgan fingerprint density at radius 2 is 1.91 bits per heavy atom. The highest BCUT2D eigenvalue weighted by Crippen LogP contribution is 2.28. The molecule has 178 valence electrons. The molecule has 2 aromatic heterocycles. The van der Waals surface area contributed by atoms with Gasteiger partial charge in [0.25, 0.3) is 5.56 Å². The Morgan fingerprint density at radius 3 is 2.52 bits per heavy atom. The number of hydrogen-bond acceptors (Lipinski definition) is 6. The molecule has 1 fully saturated rings. The molecule has 1 aliphatic heterocycles. The second kappa shape index (κ2) is 10.6. The lowest BCUT2D eigenvalue weighted by Crippen LogP contribution is -2.30. The fraction of sp³-hybridized carbons (Fsp3) is 0.476. The standard InChI is InChI=1S/C19H23N5O2.C2HF3O2/c25-18-10-16(11-21-19(26)14-5-6-14)22-17-13-23(8-3-9-24(17)18)12-15-4-1-2-7-20-15;3-2(4,5)1(6)7/h1-2,4,7,10,14H,3,5-6,8-9,11-13H2,(H,21,26);(H,6,7). The Hall–Kier alpha value is -3.28. The number of nitrogens with zero attached hydrogens (tertiary/aromatic N) is 4. The second-order valence-electron chi connectivity index (χ2n) is 7.83. The van der Waals surface area contributed by atoms with Crippen LogP contribution >= 0.6 is 0 Å². The summed E-state index contributed by atoms with van der Waals surface area (Å²) in [4.78, 5) is 44.5. The third kappa shape index (κ3) is 7.38. The number of carboxylic acid groups (broad SMARTS) is 1. The first-order valence-corrected chi connectivity index (χ1v) is 10.4. The van der Waals surface area contributed by atoms with Gasteiger partial charge in [0.15, 0.2) is 0 Å². The van der Waals surface area contributed by atoms with Gasteiger partial charge < -0.3 is 10.4 Å². The average Bonchev–Trinajstić information content (AvgIpc) is 3.60. The van der Waals surface area contributed by atoms with Crippen LogP contribution in [0.25, 0.3) is 0 Å². The summed E-state index contributed by atoms with van der Waals surface area (Å²) in [6.07, 6.45) is -0.452. The van der Waals surface area contributed by atoms with E-state index in [2.05, 4.69) is 20.2 Å². The number of fused-ring (bicyclic) bond motifs is 1. The van der Waals surface area contributed by atoms with E-state index in [4.69, 9.17) is 9.90 Å². The monoisotopic (exact) mass is 467 g/mol. The predicted octanol–water partition coefficient (Wildman–Crippen LogP) is 1.70. The van der Waals surface area contributed by atoms with Crippen molar-refractivity contribution in [3.8, 4) is 0 Å². The number of aromatic nitrogens is 3. The summed E-state index contributed by atoms with van der Waals surface area (Å²) >= 11 is 0. The van der Waals surface area contributed by atoms with Gasteiger partial charge in [-0.3, -0.25) is 24.0 Å². The minimum Gasteiger partial charge on any atom is -0.475 e. The lowest BCUT2D eigenvalue weighted by atomic mass is 10.3. The van der Waals surface area contributed by atoms with Crippen LogP contribution in [0.4, 0.5) is 13.2 Å². The summed E-state index contributed by atoms with van der Waals surface area (Å²) in [5, 5.41) is 10.0. The van der Waals surface area contributed by atoms with E-state index in [0.717, 1.165) is 43.9 Å². The van der Waals surface area contributed by atoms with Crippen molar-refractivity contribution in [1.82, 2.24) is 24.8 Å². The van der Waals surface area contributed by atoms with Crippen LogP contribution in [0.2, 0.25) is 0 Å². The van der Waals surface area contributed by atoms with Crippen molar-refractivity contribution in [1.29, 1.82) is 0 Å². The van der Waals surface area contributed by atoms with Crippen LogP contribution in [0.3, 0.4) is 0 Å². The predicted molar refractivity (Wildman–Crippen MR) is 110 cm³/mol. The van der Waals surface area contributed by atoms with E-state index in [1.54, 1.807) is 16.8 Å². The van der Waals surface area contributed by atoms with E-state index in [1.165, 1.54) is 0 Å². The van der Waals surface area contributed by atoms with Crippen molar-refractivity contribution in [2.75, 3.05) is 6.54 Å². The summed E-state index contributed by atoms with van der Waals surface area (Å²) in [7, 11) is 0. The number of pyridine rings is 1. The Balaban J connectivity index is 0.000000383. The van der Waals surface area contributed by atoms with Crippen LogP contribution in [0.15, 0.2) is 35.3 Å². The van der Waals surface area contributed by atoms with Crippen molar-refractivity contribution >= 4 is 11.9 Å². The molecule has 0 spiro atoms. The normalized spacial score (nSPS) is 16.1. The summed E-state index contributed by atoms with van der Waals surface area (Å²) in [5.41, 5.74) is 1.61. The Morgan fingerprint density at radius 1 is 1.18 bits per heavy atom. The average molecular weight is 467 g/mol. The van der Waals surface area contributed by atoms with Gasteiger partial charge in [-0.05, 0) is 31.4 Å². The summed E-state index contributed by atoms with van der Waals surface area (Å²) in [5.74, 6) is -1.77. The number of rotatable bonds is 5. The third-order valence-corrected chi connectivity index (χ3v) is 5.11. The van der Waals surface area contributed by atoms with Crippen LogP contribution in [-0.2, 0) is 35.8 Å². The minimum atomic E-state index is -5.08. The molecule has 0 bridgehead atoms. The molecular formula is C21H24F3N5O4. The third-order valence-electron chi connectivity index (χ3n) is 5.11. The molecule has 0 radical (unpaired) electrons. The minimum absolute atomic E-state index is 0.0367. The Kier molecular flexibility index (Phi) is 7.79. The van der Waals surface area contributed by atoms with Crippen molar-refractivity contribution in [2.24, 2.45) is 5.92 Å². The smallest absolute Gasteiger partial charge is 0.475 e. The van der Waals surface area contributed by atoms with E-state index < -0.39 is 12.1 Å². The van der Waals surface area contributed by atoms with E-state index in [1.807, 2.05) is 18.2 Å². The van der Waals surface area contributed by atoms with Gasteiger partial charge in [0.2, 0.25) is 5.91 Å². The van der Waals surface area contributed by atoms with Gasteiger partial charge >= 0.3 is 12.1 Å². The number of hydrogen-bond donors (Lipinski definition) is 2. The van der Waals surface area contributed by atoms with Gasteiger partial charge in [0.1, 0.15) is 5.82 Å². The molecule has 1 amide bonds. The molecule has 2 N–H and O–H groups in total. The highest BCUT2D eigenvalue weighted by atomic mass is 19.4. The molecule has 3 heterocycles. The molecule has 0 atom stereocenters. The molecule has 12 heteroatoms. The zero-order valence-corrected chi connectivity index (χ0v) is 17.7. The zero-order chi connectivity index (χ0) is 24.0. The SMILES string of the molecule is O=C(NCc1cc(=O)n2c(n1)CN(Cc1ccccn1)CCC2)C1CC1.O=C(O)C(F)(F)F. The lowest BCUT2D eigenvalue weighted by Gasteiger charge is -2.19. The van der Waals surface area contributed by atoms with Crippen molar-refractivity contribution in [3.05, 3.63) is 58.0 Å². The fourth-order valence-corrected chi connectivity index (χ4v) is 3.31. The molecule has 1 aliphatic carbocycles. The van der Waals surface area contributed by atoms with Gasteiger partial charge in [-0.15, -0.1) is 0 Å². The molecular weight excluding hydrogens is 443 g/mol. The fourth-order valence-electron chi connectivity index (χ4n) is 3.31. The van der Waals surface area contributed by atoms with E-state index in [9.17, 15) is 22.8 Å². The molecule has 0 unspecified atom stereocenters. The first-order chi connectivity index (χ1) is 15.6. The number of amides is 1. The summed E-state index contributed by atoms with van der Waals surface area (Å²) in [6.45, 7) is 3.23. The topological polar surface area (TPSA) is 117 Å². The van der Waals surface area contributed by atoms with Crippen LogP contribution in [0.1, 0.15) is 36.5 Å². The maximum absolute atomic E-state index is 12.5. The van der Waals surface area contributed by atoms with Crippen LogP contribution in [-0.4, -0.2) is 49.1 Å². The maximum Gasteiger partial charge on any atom is 0.490 e. The quantitative estimate of drug-likeness (QED) is 0.687. The van der Waals surface area contributed by atoms with Crippen LogP contribution < -0.4 is 10.9 Å². The zero-order valence-electron chi connectivity index (χ0n) is 17.7. The molecule has 9 nitrogen and oxygen atoms in total. The van der Waals surface area contributed by atoms with E-state index in [0.29, 0.717) is 25.3 Å². The van der Waals surface area contributed by atoms with E-state index in [-0.39, 0.29) is 17.4 Å². The molecule has 2 aliphatic rings. The number of halogens is 3. The highest BCUT2D eigenvalue weighted by Gasteiger charge is 2.38. The number of alkyl halides is 3. The molecule has 0 aromatic carbocycles. The van der Waals surface area contributed by atoms with Crippen LogP contribution in [0, 0.1) is 5.92 Å². The number of carbonyl (C=O) groups excluding carboxylic acids is 1. The lowest BCUT2D eigenvalue weighted by molar-refractivity contribution is -0.192. The maximum atomic E-state index is 12.5. The van der Waals surface area contributed by atoms with Crippen LogP contribution in [0.5, 0.6) is 0 Å². The van der Waals surface area contributed by atoms with Gasteiger partial charge in [0.05, 0.1) is 24.5 Å². The summed E-state index contributed by atoms with van der Waals surface area (Å²) < 4.78 is 33.5. The molecule has 0 saturated heterocycles. The van der Waals surface area contributed by atoms with Crippen molar-refractivity contribution in [2.45, 2.75) is 51.6 Å². The number of nitrogens with one attached hydrogen (secondary N) is 1. The second-order valence-corrected chi connectivity index (χ2v) is 7.83. The largest absolute Gasteiger partial charge is 0.490 e. The van der Waals surface area contributed by atoms with Gasteiger partial charge in [-0.25, -0.2) is 9.78 Å². The van der Waals surface area contributed by atoms with Gasteiger partial charge in [-0.1, -0.05) is 6.07 Å². The Bertz CT molecular complexity index is 1040. The first-order valence-electron chi connectivity index (χ1n) is 10.4. The number of carboxylic acids is 1. The molecule has 33 heavy (non-hydrogen) atoms. The Labute approximate surface area is 187 Å². The van der Waals surface area contributed by atoms with E-state index >= 15 is 0 Å². The molecule has 1 saturated carbocycles. The number of aliphatic carboxylic acids is 1. The first kappa shape index (κ1) is 24.4. The van der Waals surface area contributed by atoms with Crippen molar-refractivity contribution in [3.63, 3.8) is 0 Å². The van der Waals surface area contributed by atoms with Crippen molar-refractivity contribution < 1.29 is 27.9 Å². The summed E-state index contributed by atoms with van der Waals surface area (Å²) in [6, 6.07) is 7.45. The highest BCUT2D eigenvalue weighted by molar-refractivity contribution is 5.80. The van der Waals surface area contributed by atoms with Gasteiger partial charge in [0, 0.05) is 37.8 Å².